The molecular weight excluding hydrogens is 90.9 g/mol. The number of hydrogen-bond donors (Lipinski definition) is 1. The zero-order chi connectivity index (χ0) is 4.99. The van der Waals surface area contributed by atoms with E-state index in [4.69, 9.17) is 0 Å². The summed E-state index contributed by atoms with van der Waals surface area (Å²) in [6, 6.07) is 0. The quantitative estimate of drug-likeness (QED) is 0.383. The minimum atomic E-state index is 0.799. The number of hydrogen-bond acceptors (Lipinski definition) is 1. The summed E-state index contributed by atoms with van der Waals surface area (Å²) >= 11 is 4.10. The normalized spacial score (nSPS) is 14.3. The molecule has 0 spiro atoms. The highest BCUT2D eigenvalue weighted by Gasteiger charge is 1.89. The molecular formula is C4H11BS. The van der Waals surface area contributed by atoms with Gasteiger partial charge in [-0.2, -0.15) is 12.6 Å². The number of rotatable bonds is 2. The Labute approximate surface area is 46.1 Å². The van der Waals surface area contributed by atoms with E-state index in [1.165, 1.54) is 6.32 Å². The van der Waals surface area contributed by atoms with Gasteiger partial charge in [0, 0.05) is 0 Å². The van der Waals surface area contributed by atoms with Crippen LogP contribution in [0.5, 0.6) is 0 Å². The van der Waals surface area contributed by atoms with Crippen LogP contribution in [0.3, 0.4) is 0 Å². The van der Waals surface area contributed by atoms with Gasteiger partial charge in [0.05, 0.1) is 0 Å². The van der Waals surface area contributed by atoms with Gasteiger partial charge in [0.2, 0.25) is 0 Å². The lowest BCUT2D eigenvalue weighted by Gasteiger charge is -1.98. The Kier molecular flexibility index (Phi) is 3.85. The van der Waals surface area contributed by atoms with Crippen molar-refractivity contribution in [2.45, 2.75) is 13.2 Å². The standard InChI is InChI=1S/C4H11BS/c1-4(2-5)3-6/h4,6H,2-3,5H2,1H3. The molecule has 0 saturated carbocycles. The van der Waals surface area contributed by atoms with Crippen molar-refractivity contribution >= 4 is 20.5 Å². The van der Waals surface area contributed by atoms with E-state index in [-0.39, 0.29) is 0 Å². The maximum absolute atomic E-state index is 4.10. The zero-order valence-electron chi connectivity index (χ0n) is 4.44. The Morgan fingerprint density at radius 1 is 1.83 bits per heavy atom. The molecule has 0 nitrogen and oxygen atoms in total. The minimum absolute atomic E-state index is 0.799. The first-order valence-electron chi connectivity index (χ1n) is 2.42. The van der Waals surface area contributed by atoms with Crippen LogP contribution in [0.2, 0.25) is 6.32 Å². The highest BCUT2D eigenvalue weighted by atomic mass is 32.1. The topological polar surface area (TPSA) is 0 Å². The van der Waals surface area contributed by atoms with E-state index < -0.39 is 0 Å². The van der Waals surface area contributed by atoms with Crippen LogP contribution in [0.15, 0.2) is 0 Å². The van der Waals surface area contributed by atoms with Crippen LogP contribution in [0, 0.1) is 5.92 Å². The fourth-order valence-corrected chi connectivity index (χ4v) is 0.387. The van der Waals surface area contributed by atoms with Gasteiger partial charge >= 0.3 is 0 Å². The van der Waals surface area contributed by atoms with Crippen molar-refractivity contribution in [2.75, 3.05) is 5.75 Å². The molecule has 0 aromatic rings. The summed E-state index contributed by atoms with van der Waals surface area (Å²) in [5.74, 6) is 1.82. The second-order valence-electron chi connectivity index (χ2n) is 1.70. The summed E-state index contributed by atoms with van der Waals surface area (Å²) < 4.78 is 0. The van der Waals surface area contributed by atoms with Gasteiger partial charge in [0.15, 0.2) is 0 Å². The maximum atomic E-state index is 4.10. The van der Waals surface area contributed by atoms with Gasteiger partial charge in [-0.3, -0.25) is 0 Å². The van der Waals surface area contributed by atoms with Gasteiger partial charge in [-0.05, 0) is 11.7 Å². The summed E-state index contributed by atoms with van der Waals surface area (Å²) in [5, 5.41) is 0. The molecule has 0 aliphatic carbocycles. The summed E-state index contributed by atoms with van der Waals surface area (Å²) in [5.41, 5.74) is 0. The van der Waals surface area contributed by atoms with Gasteiger partial charge in [0.25, 0.3) is 0 Å². The minimum Gasteiger partial charge on any atom is -0.179 e. The first-order chi connectivity index (χ1) is 2.81. The van der Waals surface area contributed by atoms with E-state index in [9.17, 15) is 0 Å². The van der Waals surface area contributed by atoms with E-state index in [1.807, 2.05) is 0 Å². The van der Waals surface area contributed by atoms with E-state index in [0.29, 0.717) is 0 Å². The van der Waals surface area contributed by atoms with Crippen LogP contribution in [0.4, 0.5) is 0 Å². The van der Waals surface area contributed by atoms with Crippen molar-refractivity contribution in [1.82, 2.24) is 0 Å². The summed E-state index contributed by atoms with van der Waals surface area (Å²) in [4.78, 5) is 0. The molecule has 0 bridgehead atoms. The molecule has 0 aliphatic heterocycles. The lowest BCUT2D eigenvalue weighted by atomic mass is 9.94. The Morgan fingerprint density at radius 2 is 2.33 bits per heavy atom. The van der Waals surface area contributed by atoms with E-state index >= 15 is 0 Å². The van der Waals surface area contributed by atoms with Crippen molar-refractivity contribution in [3.05, 3.63) is 0 Å². The third-order valence-electron chi connectivity index (χ3n) is 1.01. The monoisotopic (exact) mass is 102 g/mol. The zero-order valence-corrected chi connectivity index (χ0v) is 5.33. The summed E-state index contributed by atoms with van der Waals surface area (Å²) in [6.45, 7) is 2.20. The lowest BCUT2D eigenvalue weighted by molar-refractivity contribution is 0.751. The van der Waals surface area contributed by atoms with Gasteiger partial charge in [0.1, 0.15) is 7.85 Å². The molecule has 0 aromatic heterocycles. The largest absolute Gasteiger partial charge is 0.179 e. The SMILES string of the molecule is BCC(C)CS. The Bertz CT molecular complexity index is 26.7. The smallest absolute Gasteiger partial charge is 0.101 e. The fraction of sp³-hybridized carbons (Fsp3) is 1.00. The third kappa shape index (κ3) is 2.64. The van der Waals surface area contributed by atoms with Crippen LogP contribution in [0.1, 0.15) is 6.92 Å². The maximum Gasteiger partial charge on any atom is 0.101 e. The molecule has 0 rings (SSSR count). The number of thiol groups is 1. The Morgan fingerprint density at radius 3 is 2.33 bits per heavy atom. The second kappa shape index (κ2) is 3.60. The van der Waals surface area contributed by atoms with Gasteiger partial charge < -0.3 is 0 Å². The van der Waals surface area contributed by atoms with Gasteiger partial charge in [-0.1, -0.05) is 13.2 Å². The molecule has 0 amide bonds. The molecule has 6 heavy (non-hydrogen) atoms. The molecule has 2 heteroatoms. The molecule has 1 atom stereocenters. The highest BCUT2D eigenvalue weighted by molar-refractivity contribution is 7.80. The van der Waals surface area contributed by atoms with Crippen LogP contribution in [-0.4, -0.2) is 13.6 Å². The van der Waals surface area contributed by atoms with E-state index in [2.05, 4.69) is 27.4 Å². The molecule has 0 aromatic carbocycles. The lowest BCUT2D eigenvalue weighted by Crippen LogP contribution is -1.92. The second-order valence-corrected chi connectivity index (χ2v) is 2.06. The van der Waals surface area contributed by atoms with Crippen LogP contribution in [0.25, 0.3) is 0 Å². The highest BCUT2D eigenvalue weighted by Crippen LogP contribution is 1.99. The third-order valence-corrected chi connectivity index (χ3v) is 1.63. The molecule has 0 fully saturated rings. The van der Waals surface area contributed by atoms with Gasteiger partial charge in [-0.15, -0.1) is 0 Å². The first kappa shape index (κ1) is 6.41. The predicted molar refractivity (Wildman–Crippen MR) is 36.4 cm³/mol. The summed E-state index contributed by atoms with van der Waals surface area (Å²) in [7, 11) is 2.18. The molecule has 1 unspecified atom stereocenters. The molecule has 0 heterocycles. The van der Waals surface area contributed by atoms with E-state index in [0.717, 1.165) is 11.7 Å². The molecule has 0 aliphatic rings. The first-order valence-corrected chi connectivity index (χ1v) is 3.05. The van der Waals surface area contributed by atoms with Crippen molar-refractivity contribution in [3.63, 3.8) is 0 Å². The molecule has 0 saturated heterocycles. The molecule has 0 radical (unpaired) electrons. The molecule has 0 N–H and O–H groups in total. The van der Waals surface area contributed by atoms with Crippen molar-refractivity contribution in [1.29, 1.82) is 0 Å². The predicted octanol–water partition coefficient (Wildman–Crippen LogP) is 0.604. The molecule has 36 valence electrons. The van der Waals surface area contributed by atoms with Crippen LogP contribution in [-0.2, 0) is 0 Å². The van der Waals surface area contributed by atoms with Crippen molar-refractivity contribution < 1.29 is 0 Å². The van der Waals surface area contributed by atoms with Crippen molar-refractivity contribution in [2.24, 2.45) is 5.92 Å². The average molecular weight is 102 g/mol. The van der Waals surface area contributed by atoms with Crippen LogP contribution < -0.4 is 0 Å². The van der Waals surface area contributed by atoms with Crippen molar-refractivity contribution in [3.8, 4) is 0 Å². The van der Waals surface area contributed by atoms with E-state index in [1.54, 1.807) is 0 Å². The average Bonchev–Trinajstić information content (AvgIpc) is 1.65. The summed E-state index contributed by atoms with van der Waals surface area (Å²) in [6.07, 6.45) is 1.25. The fourth-order valence-electron chi connectivity index (χ4n) is 0.129. The van der Waals surface area contributed by atoms with Crippen LogP contribution >= 0.6 is 12.6 Å². The van der Waals surface area contributed by atoms with Gasteiger partial charge in [-0.25, -0.2) is 0 Å². The Balaban J connectivity index is 2.75. The Hall–Kier alpha value is 0.415.